The minimum atomic E-state index is 0.607. The molecule has 104 valence electrons. The van der Waals surface area contributed by atoms with E-state index in [-0.39, 0.29) is 0 Å². The first-order valence-electron chi connectivity index (χ1n) is 6.94. The Balaban J connectivity index is 1.75. The smallest absolute Gasteiger partial charge is 0.123 e. The Hall–Kier alpha value is -2.00. The largest absolute Gasteiger partial charge is 0.497 e. The quantitative estimate of drug-likeness (QED) is 0.925. The highest BCUT2D eigenvalue weighted by Gasteiger charge is 2.12. The predicted octanol–water partition coefficient (Wildman–Crippen LogP) is 2.92. The molecule has 1 heterocycles. The number of ether oxygens (including phenoxy) is 2. The number of rotatable bonds is 4. The molecule has 0 atom stereocenters. The lowest BCUT2D eigenvalue weighted by atomic mass is 9.96. The van der Waals surface area contributed by atoms with E-state index in [4.69, 9.17) is 9.47 Å². The molecular weight excluding hydrogens is 250 g/mol. The van der Waals surface area contributed by atoms with Crippen molar-refractivity contribution in [2.75, 3.05) is 13.7 Å². The fraction of sp³-hybridized carbons (Fsp3) is 0.294. The van der Waals surface area contributed by atoms with Gasteiger partial charge in [0.25, 0.3) is 0 Å². The van der Waals surface area contributed by atoms with Crippen LogP contribution >= 0.6 is 0 Å². The van der Waals surface area contributed by atoms with Crippen molar-refractivity contribution in [2.24, 2.45) is 0 Å². The number of hydrogen-bond donors (Lipinski definition) is 1. The maximum Gasteiger partial charge on any atom is 0.123 e. The number of methoxy groups -OCH3 is 1. The average Bonchev–Trinajstić information content (AvgIpc) is 2.53. The van der Waals surface area contributed by atoms with Crippen LogP contribution in [-0.4, -0.2) is 13.7 Å². The van der Waals surface area contributed by atoms with Gasteiger partial charge >= 0.3 is 0 Å². The predicted molar refractivity (Wildman–Crippen MR) is 79.2 cm³/mol. The fourth-order valence-electron chi connectivity index (χ4n) is 2.60. The van der Waals surface area contributed by atoms with Gasteiger partial charge in [0.1, 0.15) is 18.1 Å². The summed E-state index contributed by atoms with van der Waals surface area (Å²) < 4.78 is 11.1. The Kier molecular flexibility index (Phi) is 3.88. The summed E-state index contributed by atoms with van der Waals surface area (Å²) in [6.07, 6.45) is 1.08. The van der Waals surface area contributed by atoms with Gasteiger partial charge in [-0.25, -0.2) is 0 Å². The Bertz CT molecular complexity index is 595. The molecule has 1 aliphatic rings. The van der Waals surface area contributed by atoms with Crippen LogP contribution in [0.2, 0.25) is 0 Å². The van der Waals surface area contributed by atoms with E-state index in [1.165, 1.54) is 16.7 Å². The minimum absolute atomic E-state index is 0.607. The molecule has 0 radical (unpaired) electrons. The van der Waals surface area contributed by atoms with Crippen LogP contribution in [0, 0.1) is 0 Å². The van der Waals surface area contributed by atoms with Crippen LogP contribution in [0.4, 0.5) is 0 Å². The molecule has 3 nitrogen and oxygen atoms in total. The van der Waals surface area contributed by atoms with E-state index in [1.807, 2.05) is 24.3 Å². The summed E-state index contributed by atoms with van der Waals surface area (Å²) in [7, 11) is 1.67. The number of fused-ring (bicyclic) bond motifs is 1. The van der Waals surface area contributed by atoms with Crippen molar-refractivity contribution in [3.05, 3.63) is 59.2 Å². The van der Waals surface area contributed by atoms with Crippen molar-refractivity contribution in [1.82, 2.24) is 5.32 Å². The lowest BCUT2D eigenvalue weighted by Crippen LogP contribution is -2.24. The van der Waals surface area contributed by atoms with Gasteiger partial charge < -0.3 is 14.8 Å². The lowest BCUT2D eigenvalue weighted by Gasteiger charge is -2.20. The van der Waals surface area contributed by atoms with Gasteiger partial charge in [-0.2, -0.15) is 0 Å². The van der Waals surface area contributed by atoms with Gasteiger partial charge in [-0.15, -0.1) is 0 Å². The van der Waals surface area contributed by atoms with Gasteiger partial charge in [-0.05, 0) is 41.8 Å². The molecule has 20 heavy (non-hydrogen) atoms. The Labute approximate surface area is 119 Å². The van der Waals surface area contributed by atoms with Crippen molar-refractivity contribution in [2.45, 2.75) is 19.6 Å². The Morgan fingerprint density at radius 1 is 1.10 bits per heavy atom. The first kappa shape index (κ1) is 13.0. The van der Waals surface area contributed by atoms with Crippen molar-refractivity contribution >= 4 is 0 Å². The standard InChI is InChI=1S/C17H19NO2/c1-19-15-6-3-7-16(10-15)20-12-14-5-2-4-13-11-18-9-8-17(13)14/h2-7,10,18H,8-9,11-12H2,1H3. The van der Waals surface area contributed by atoms with Crippen molar-refractivity contribution in [3.8, 4) is 11.5 Å². The van der Waals surface area contributed by atoms with E-state index in [9.17, 15) is 0 Å². The second-order valence-electron chi connectivity index (χ2n) is 4.95. The third kappa shape index (κ3) is 2.78. The summed E-state index contributed by atoms with van der Waals surface area (Å²) in [5.41, 5.74) is 4.11. The molecule has 1 aliphatic heterocycles. The van der Waals surface area contributed by atoms with Crippen molar-refractivity contribution < 1.29 is 9.47 Å². The van der Waals surface area contributed by atoms with Crippen molar-refractivity contribution in [1.29, 1.82) is 0 Å². The lowest BCUT2D eigenvalue weighted by molar-refractivity contribution is 0.302. The molecule has 3 heteroatoms. The maximum absolute atomic E-state index is 5.90. The number of nitrogens with one attached hydrogen (secondary N) is 1. The van der Waals surface area contributed by atoms with E-state index in [0.717, 1.165) is 31.0 Å². The van der Waals surface area contributed by atoms with Gasteiger partial charge in [0.15, 0.2) is 0 Å². The molecule has 0 saturated carbocycles. The summed E-state index contributed by atoms with van der Waals surface area (Å²) in [5, 5.41) is 3.40. The summed E-state index contributed by atoms with van der Waals surface area (Å²) in [6.45, 7) is 2.61. The monoisotopic (exact) mass is 269 g/mol. The molecule has 0 unspecified atom stereocenters. The molecule has 0 saturated heterocycles. The van der Waals surface area contributed by atoms with E-state index in [0.29, 0.717) is 6.61 Å². The van der Waals surface area contributed by atoms with Crippen LogP contribution in [0.25, 0.3) is 0 Å². The maximum atomic E-state index is 5.90. The van der Waals surface area contributed by atoms with Gasteiger partial charge in [0.2, 0.25) is 0 Å². The van der Waals surface area contributed by atoms with Gasteiger partial charge in [0.05, 0.1) is 7.11 Å². The summed E-state index contributed by atoms with van der Waals surface area (Å²) in [6, 6.07) is 14.2. The molecule has 2 aromatic rings. The molecule has 0 fully saturated rings. The van der Waals surface area contributed by atoms with E-state index >= 15 is 0 Å². The van der Waals surface area contributed by atoms with Crippen LogP contribution in [0.15, 0.2) is 42.5 Å². The van der Waals surface area contributed by atoms with Crippen LogP contribution in [-0.2, 0) is 19.6 Å². The zero-order chi connectivity index (χ0) is 13.8. The van der Waals surface area contributed by atoms with Crippen molar-refractivity contribution in [3.63, 3.8) is 0 Å². The summed E-state index contributed by atoms with van der Waals surface area (Å²) in [5.74, 6) is 1.66. The van der Waals surface area contributed by atoms with Crippen LogP contribution in [0.1, 0.15) is 16.7 Å². The molecular formula is C17H19NO2. The van der Waals surface area contributed by atoms with E-state index in [1.54, 1.807) is 7.11 Å². The van der Waals surface area contributed by atoms with Crippen LogP contribution in [0.3, 0.4) is 0 Å². The summed E-state index contributed by atoms with van der Waals surface area (Å²) in [4.78, 5) is 0. The Morgan fingerprint density at radius 3 is 2.85 bits per heavy atom. The van der Waals surface area contributed by atoms with Gasteiger partial charge in [-0.3, -0.25) is 0 Å². The SMILES string of the molecule is COc1cccc(OCc2cccc3c2CCNC3)c1. The molecule has 0 aliphatic carbocycles. The first-order valence-corrected chi connectivity index (χ1v) is 6.94. The molecule has 0 amide bonds. The first-order chi connectivity index (χ1) is 9.86. The second kappa shape index (κ2) is 5.97. The summed E-state index contributed by atoms with van der Waals surface area (Å²) >= 11 is 0. The topological polar surface area (TPSA) is 30.5 Å². The van der Waals surface area contributed by atoms with Crippen LogP contribution < -0.4 is 14.8 Å². The molecule has 0 spiro atoms. The fourth-order valence-corrected chi connectivity index (χ4v) is 2.60. The Morgan fingerprint density at radius 2 is 1.95 bits per heavy atom. The highest BCUT2D eigenvalue weighted by Crippen LogP contribution is 2.23. The average molecular weight is 269 g/mol. The van der Waals surface area contributed by atoms with Crippen LogP contribution in [0.5, 0.6) is 11.5 Å². The minimum Gasteiger partial charge on any atom is -0.497 e. The highest BCUT2D eigenvalue weighted by atomic mass is 16.5. The zero-order valence-electron chi connectivity index (χ0n) is 11.7. The molecule has 0 bridgehead atoms. The number of hydrogen-bond acceptors (Lipinski definition) is 3. The second-order valence-corrected chi connectivity index (χ2v) is 4.95. The van der Waals surface area contributed by atoms with E-state index in [2.05, 4.69) is 23.5 Å². The zero-order valence-corrected chi connectivity index (χ0v) is 11.7. The molecule has 1 N–H and O–H groups in total. The molecule has 3 rings (SSSR count). The number of benzene rings is 2. The molecule has 2 aromatic carbocycles. The van der Waals surface area contributed by atoms with Gasteiger partial charge in [0, 0.05) is 12.6 Å². The third-order valence-corrected chi connectivity index (χ3v) is 3.67. The molecule has 0 aromatic heterocycles. The highest BCUT2D eigenvalue weighted by molar-refractivity contribution is 5.38. The third-order valence-electron chi connectivity index (χ3n) is 3.67. The van der Waals surface area contributed by atoms with E-state index < -0.39 is 0 Å². The van der Waals surface area contributed by atoms with Gasteiger partial charge in [-0.1, -0.05) is 24.3 Å². The normalized spacial score (nSPS) is 13.7.